The van der Waals surface area contributed by atoms with Crippen LogP contribution in [0.1, 0.15) is 50.4 Å². The highest BCUT2D eigenvalue weighted by atomic mass is 19.4. The molecule has 5 nitrogen and oxygen atoms in total. The van der Waals surface area contributed by atoms with Gasteiger partial charge in [-0.2, -0.15) is 18.4 Å². The highest BCUT2D eigenvalue weighted by molar-refractivity contribution is 5.67. The van der Waals surface area contributed by atoms with Gasteiger partial charge >= 0.3 is 6.18 Å². The van der Waals surface area contributed by atoms with Crippen molar-refractivity contribution < 1.29 is 18.3 Å². The number of hydrogen-bond donors (Lipinski definition) is 1. The lowest BCUT2D eigenvalue weighted by molar-refractivity contribution is -0.137. The Morgan fingerprint density at radius 1 is 1.33 bits per heavy atom. The third-order valence-electron chi connectivity index (χ3n) is 5.64. The van der Waals surface area contributed by atoms with Crippen molar-refractivity contribution in [2.45, 2.75) is 51.4 Å². The van der Waals surface area contributed by atoms with Gasteiger partial charge in [-0.15, -0.1) is 0 Å². The molecule has 1 aromatic heterocycles. The number of aliphatic hydroxyl groups is 1. The van der Waals surface area contributed by atoms with Crippen molar-refractivity contribution in [3.05, 3.63) is 53.6 Å². The van der Waals surface area contributed by atoms with Gasteiger partial charge in [0.2, 0.25) is 0 Å². The maximum atomic E-state index is 13.4. The molecule has 0 radical (unpaired) electrons. The Morgan fingerprint density at radius 3 is 2.67 bits per heavy atom. The molecule has 1 aliphatic carbocycles. The summed E-state index contributed by atoms with van der Waals surface area (Å²) < 4.78 is 42.1. The van der Waals surface area contributed by atoms with Gasteiger partial charge in [0.25, 0.3) is 0 Å². The van der Waals surface area contributed by atoms with E-state index in [2.05, 4.69) is 11.1 Å². The molecule has 0 spiro atoms. The minimum atomic E-state index is -4.58. The zero-order valence-electron chi connectivity index (χ0n) is 17.2. The molecule has 1 aliphatic rings. The summed E-state index contributed by atoms with van der Waals surface area (Å²) in [5.41, 5.74) is 0.625. The van der Waals surface area contributed by atoms with Crippen LogP contribution < -0.4 is 4.90 Å². The van der Waals surface area contributed by atoms with Gasteiger partial charge in [0.15, 0.2) is 0 Å². The number of halogens is 3. The first-order valence-electron chi connectivity index (χ1n) is 9.83. The second-order valence-corrected chi connectivity index (χ2v) is 8.07. The molecule has 0 aliphatic heterocycles. The topological polar surface area (TPSA) is 65.1 Å². The van der Waals surface area contributed by atoms with Crippen LogP contribution in [0.2, 0.25) is 0 Å². The number of nitriles is 1. The molecule has 2 aromatic rings. The van der Waals surface area contributed by atoms with Crippen molar-refractivity contribution in [2.24, 2.45) is 0 Å². The molecule has 1 atom stereocenters. The minimum Gasteiger partial charge on any atom is -0.394 e. The molecule has 160 valence electrons. The van der Waals surface area contributed by atoms with E-state index < -0.39 is 17.3 Å². The number of aromatic nitrogens is 2. The standard InChI is InChI=1S/C22H25F3N4O/c1-4-28(18-8-6-16(11-26)19(10-18)22(23,24)25)17-7-5-15(9-17)20-12-27-14-29(20)21(2,3)13-30/h5-6,8,10,12,14,17,30H,4,7,9,13H2,1-3H3. The molecule has 0 amide bonds. The van der Waals surface area contributed by atoms with Crippen molar-refractivity contribution in [1.29, 1.82) is 5.26 Å². The van der Waals surface area contributed by atoms with Gasteiger partial charge in [-0.05, 0) is 57.4 Å². The maximum Gasteiger partial charge on any atom is 0.417 e. The maximum absolute atomic E-state index is 13.4. The molecule has 8 heteroatoms. The van der Waals surface area contributed by atoms with Gasteiger partial charge in [-0.25, -0.2) is 4.98 Å². The van der Waals surface area contributed by atoms with Crippen molar-refractivity contribution in [3.8, 4) is 6.07 Å². The highest BCUT2D eigenvalue weighted by Gasteiger charge is 2.35. The summed E-state index contributed by atoms with van der Waals surface area (Å²) in [4.78, 5) is 6.17. The molecule has 1 aromatic carbocycles. The number of hydrogen-bond acceptors (Lipinski definition) is 4. The summed E-state index contributed by atoms with van der Waals surface area (Å²) in [6.07, 6.45) is 2.29. The van der Waals surface area contributed by atoms with Crippen molar-refractivity contribution in [2.75, 3.05) is 18.1 Å². The van der Waals surface area contributed by atoms with E-state index in [1.807, 2.05) is 30.2 Å². The van der Waals surface area contributed by atoms with Gasteiger partial charge in [-0.3, -0.25) is 0 Å². The Hall–Kier alpha value is -2.79. The van der Waals surface area contributed by atoms with E-state index in [1.54, 1.807) is 24.7 Å². The summed E-state index contributed by atoms with van der Waals surface area (Å²) in [6.45, 7) is 6.23. The fraction of sp³-hybridized carbons (Fsp3) is 0.455. The Balaban J connectivity index is 1.87. The summed E-state index contributed by atoms with van der Waals surface area (Å²) >= 11 is 0. The van der Waals surface area contributed by atoms with Gasteiger partial charge in [0.05, 0.1) is 47.6 Å². The third kappa shape index (κ3) is 4.08. The highest BCUT2D eigenvalue weighted by Crippen LogP contribution is 2.38. The number of alkyl halides is 3. The van der Waals surface area contributed by atoms with Gasteiger partial charge in [0, 0.05) is 18.3 Å². The van der Waals surface area contributed by atoms with Crippen LogP contribution in [0.25, 0.3) is 5.57 Å². The second kappa shape index (κ2) is 8.15. The molecular weight excluding hydrogens is 393 g/mol. The van der Waals surface area contributed by atoms with Crippen LogP contribution in [0.15, 0.2) is 36.8 Å². The normalized spacial score (nSPS) is 17.0. The molecular formula is C22H25F3N4O. The quantitative estimate of drug-likeness (QED) is 0.746. The van der Waals surface area contributed by atoms with Gasteiger partial charge in [-0.1, -0.05) is 6.08 Å². The van der Waals surface area contributed by atoms with E-state index in [0.717, 1.165) is 17.3 Å². The lowest BCUT2D eigenvalue weighted by Crippen LogP contribution is -2.34. The smallest absolute Gasteiger partial charge is 0.394 e. The fourth-order valence-electron chi connectivity index (χ4n) is 3.93. The first kappa shape index (κ1) is 21.9. The lowest BCUT2D eigenvalue weighted by atomic mass is 10.0. The average Bonchev–Trinajstić information content (AvgIpc) is 3.37. The number of nitrogens with zero attached hydrogens (tertiary/aromatic N) is 4. The fourth-order valence-corrected chi connectivity index (χ4v) is 3.93. The number of rotatable bonds is 6. The van der Waals surface area contributed by atoms with Gasteiger partial charge in [0.1, 0.15) is 0 Å². The van der Waals surface area contributed by atoms with Gasteiger partial charge < -0.3 is 14.6 Å². The second-order valence-electron chi connectivity index (χ2n) is 8.07. The van der Waals surface area contributed by atoms with Crippen LogP contribution in [-0.4, -0.2) is 33.9 Å². The number of anilines is 1. The van der Waals surface area contributed by atoms with E-state index >= 15 is 0 Å². The van der Waals surface area contributed by atoms with Crippen LogP contribution in [0, 0.1) is 11.3 Å². The van der Waals surface area contributed by atoms with Crippen LogP contribution in [0.3, 0.4) is 0 Å². The monoisotopic (exact) mass is 418 g/mol. The number of imidazole rings is 1. The Morgan fingerprint density at radius 2 is 2.07 bits per heavy atom. The summed E-state index contributed by atoms with van der Waals surface area (Å²) in [7, 11) is 0. The first-order chi connectivity index (χ1) is 14.1. The Kier molecular flexibility index (Phi) is 5.95. The number of benzene rings is 1. The van der Waals surface area contributed by atoms with Crippen molar-refractivity contribution in [3.63, 3.8) is 0 Å². The van der Waals surface area contributed by atoms with E-state index in [4.69, 9.17) is 5.26 Å². The first-order valence-corrected chi connectivity index (χ1v) is 9.83. The molecule has 3 rings (SSSR count). The lowest BCUT2D eigenvalue weighted by Gasteiger charge is -2.31. The van der Waals surface area contributed by atoms with E-state index in [9.17, 15) is 18.3 Å². The Bertz CT molecular complexity index is 985. The van der Waals surface area contributed by atoms with Crippen LogP contribution in [0.5, 0.6) is 0 Å². The molecule has 0 bridgehead atoms. The largest absolute Gasteiger partial charge is 0.417 e. The van der Waals surface area contributed by atoms with Crippen LogP contribution in [0.4, 0.5) is 18.9 Å². The molecule has 0 saturated heterocycles. The summed E-state index contributed by atoms with van der Waals surface area (Å²) in [6, 6.07) is 5.51. The summed E-state index contributed by atoms with van der Waals surface area (Å²) in [5, 5.41) is 18.7. The number of aliphatic hydroxyl groups excluding tert-OH is 1. The van der Waals surface area contributed by atoms with E-state index in [1.165, 1.54) is 6.07 Å². The SMILES string of the molecule is CCN(c1ccc(C#N)c(C(F)(F)F)c1)C1CC=C(c2cncn2C(C)(C)CO)C1. The predicted octanol–water partition coefficient (Wildman–Crippen LogP) is 4.57. The predicted molar refractivity (Wildman–Crippen MR) is 109 cm³/mol. The molecule has 0 fully saturated rings. The third-order valence-corrected chi connectivity index (χ3v) is 5.64. The van der Waals surface area contributed by atoms with E-state index in [-0.39, 0.29) is 18.2 Å². The minimum absolute atomic E-state index is 0.000363. The van der Waals surface area contributed by atoms with E-state index in [0.29, 0.717) is 25.1 Å². The summed E-state index contributed by atoms with van der Waals surface area (Å²) in [5.74, 6) is 0. The average molecular weight is 418 g/mol. The zero-order chi connectivity index (χ0) is 22.1. The van der Waals surface area contributed by atoms with Crippen LogP contribution in [-0.2, 0) is 11.7 Å². The molecule has 0 saturated carbocycles. The van der Waals surface area contributed by atoms with Crippen molar-refractivity contribution in [1.82, 2.24) is 9.55 Å². The van der Waals surface area contributed by atoms with Crippen LogP contribution >= 0.6 is 0 Å². The Labute approximate surface area is 174 Å². The molecule has 1 unspecified atom stereocenters. The molecule has 30 heavy (non-hydrogen) atoms. The zero-order valence-corrected chi connectivity index (χ0v) is 17.2. The molecule has 1 heterocycles. The van der Waals surface area contributed by atoms with Crippen molar-refractivity contribution >= 4 is 11.3 Å². The molecule has 1 N–H and O–H groups in total.